The van der Waals surface area contributed by atoms with Gasteiger partial charge in [0.05, 0.1) is 30.7 Å². The lowest BCUT2D eigenvalue weighted by atomic mass is 10.1. The van der Waals surface area contributed by atoms with Crippen LogP contribution in [0.3, 0.4) is 0 Å². The van der Waals surface area contributed by atoms with E-state index in [1.54, 1.807) is 19.2 Å². The molecule has 0 spiro atoms. The number of pyridine rings is 2. The summed E-state index contributed by atoms with van der Waals surface area (Å²) in [5.74, 6) is -0.769. The first kappa shape index (κ1) is 21.0. The van der Waals surface area contributed by atoms with Gasteiger partial charge in [-0.25, -0.2) is 0 Å². The lowest BCUT2D eigenvalue weighted by Crippen LogP contribution is -2.40. The number of alkyl halides is 3. The monoisotopic (exact) mass is 410 g/mol. The van der Waals surface area contributed by atoms with Crippen molar-refractivity contribution in [3.63, 3.8) is 0 Å². The Hall–Kier alpha value is -2.72. The van der Waals surface area contributed by atoms with Gasteiger partial charge in [0.25, 0.3) is 11.5 Å². The molecule has 1 saturated heterocycles. The zero-order chi connectivity index (χ0) is 21.0. The highest BCUT2D eigenvalue weighted by atomic mass is 19.4. The summed E-state index contributed by atoms with van der Waals surface area (Å²) < 4.78 is 45.2. The van der Waals surface area contributed by atoms with Gasteiger partial charge in [-0.2, -0.15) is 13.2 Å². The molecule has 0 bridgehead atoms. The minimum atomic E-state index is -4.58. The Morgan fingerprint density at radius 2 is 1.97 bits per heavy atom. The lowest BCUT2D eigenvalue weighted by molar-refractivity contribution is -0.137. The van der Waals surface area contributed by atoms with Gasteiger partial charge in [0, 0.05) is 38.6 Å². The van der Waals surface area contributed by atoms with Crippen LogP contribution < -0.4 is 10.9 Å². The number of aromatic nitrogens is 2. The van der Waals surface area contributed by atoms with Crippen molar-refractivity contribution >= 4 is 11.6 Å². The predicted molar refractivity (Wildman–Crippen MR) is 99.9 cm³/mol. The number of hydrogen-bond donors (Lipinski definition) is 1. The number of carbonyl (C=O) groups excluding carboxylic acids is 1. The number of hydrogen-bond acceptors (Lipinski definition) is 5. The smallest absolute Gasteiger partial charge is 0.379 e. The Morgan fingerprint density at radius 3 is 2.66 bits per heavy atom. The van der Waals surface area contributed by atoms with Crippen LogP contribution in [0.15, 0.2) is 35.5 Å². The fourth-order valence-electron chi connectivity index (χ4n) is 3.05. The average molecular weight is 410 g/mol. The first-order valence-corrected chi connectivity index (χ1v) is 9.09. The van der Waals surface area contributed by atoms with Gasteiger partial charge in [-0.3, -0.25) is 19.5 Å². The number of nitrogens with one attached hydrogen (secondary N) is 1. The second-order valence-corrected chi connectivity index (χ2v) is 6.74. The summed E-state index contributed by atoms with van der Waals surface area (Å²) in [6.45, 7) is 5.46. The zero-order valence-electron chi connectivity index (χ0n) is 15.8. The number of anilines is 1. The number of carbonyl (C=O) groups is 1. The van der Waals surface area contributed by atoms with Crippen molar-refractivity contribution in [1.29, 1.82) is 0 Å². The normalized spacial score (nSPS) is 15.3. The second-order valence-electron chi connectivity index (χ2n) is 6.74. The van der Waals surface area contributed by atoms with E-state index in [1.165, 1.54) is 4.57 Å². The number of morpholine rings is 1. The van der Waals surface area contributed by atoms with Crippen molar-refractivity contribution in [2.75, 3.05) is 38.2 Å². The Balaban J connectivity index is 1.77. The standard InChI is InChI=1S/C19H21F3N4O3/c1-13-2-3-26(5-4-25-6-8-29-9-7-25)18(28)16(13)17(27)24-15-10-14(11-23-12-15)19(20,21)22/h2-3,10-12H,4-9H2,1H3,(H,24,27). The van der Waals surface area contributed by atoms with Gasteiger partial charge >= 0.3 is 6.18 Å². The van der Waals surface area contributed by atoms with Crippen molar-refractivity contribution in [2.24, 2.45) is 0 Å². The summed E-state index contributed by atoms with van der Waals surface area (Å²) in [7, 11) is 0. The molecular formula is C19H21F3N4O3. The molecule has 0 aliphatic carbocycles. The van der Waals surface area contributed by atoms with Gasteiger partial charge < -0.3 is 14.6 Å². The minimum absolute atomic E-state index is 0.105. The van der Waals surface area contributed by atoms with Gasteiger partial charge in [0.15, 0.2) is 0 Å². The third-order valence-corrected chi connectivity index (χ3v) is 4.68. The van der Waals surface area contributed by atoms with Crippen LogP contribution in [-0.4, -0.2) is 53.2 Å². The largest absolute Gasteiger partial charge is 0.417 e. The highest BCUT2D eigenvalue weighted by molar-refractivity contribution is 6.04. The van der Waals surface area contributed by atoms with Crippen molar-refractivity contribution in [1.82, 2.24) is 14.5 Å². The van der Waals surface area contributed by atoms with Gasteiger partial charge in [-0.05, 0) is 24.6 Å². The molecule has 0 saturated carbocycles. The highest BCUT2D eigenvalue weighted by Crippen LogP contribution is 2.30. The van der Waals surface area contributed by atoms with E-state index in [-0.39, 0.29) is 11.3 Å². The van der Waals surface area contributed by atoms with E-state index in [1.807, 2.05) is 0 Å². The molecule has 0 unspecified atom stereocenters. The van der Waals surface area contributed by atoms with E-state index in [4.69, 9.17) is 4.74 Å². The van der Waals surface area contributed by atoms with Crippen LogP contribution in [0.4, 0.5) is 18.9 Å². The third kappa shape index (κ3) is 5.21. The van der Waals surface area contributed by atoms with Crippen molar-refractivity contribution in [3.8, 4) is 0 Å². The molecular weight excluding hydrogens is 389 g/mol. The van der Waals surface area contributed by atoms with Crippen LogP contribution in [0, 0.1) is 6.92 Å². The summed E-state index contributed by atoms with van der Waals surface area (Å²) in [4.78, 5) is 31.1. The molecule has 7 nitrogen and oxygen atoms in total. The SMILES string of the molecule is Cc1ccn(CCN2CCOCC2)c(=O)c1C(=O)Nc1cncc(C(F)(F)F)c1. The molecule has 156 valence electrons. The summed E-state index contributed by atoms with van der Waals surface area (Å²) in [6, 6.07) is 2.42. The number of ether oxygens (including phenoxy) is 1. The predicted octanol–water partition coefficient (Wildman–Crippen LogP) is 2.16. The van der Waals surface area contributed by atoms with Crippen LogP contribution >= 0.6 is 0 Å². The maximum atomic E-state index is 12.8. The Morgan fingerprint density at radius 1 is 1.24 bits per heavy atom. The van der Waals surface area contributed by atoms with E-state index in [2.05, 4.69) is 15.2 Å². The minimum Gasteiger partial charge on any atom is -0.379 e. The first-order valence-electron chi connectivity index (χ1n) is 9.09. The topological polar surface area (TPSA) is 76.5 Å². The Bertz CT molecular complexity index is 937. The molecule has 1 N–H and O–H groups in total. The van der Waals surface area contributed by atoms with Crippen LogP contribution in [0.25, 0.3) is 0 Å². The molecule has 2 aromatic rings. The molecule has 1 amide bonds. The molecule has 10 heteroatoms. The van der Waals surface area contributed by atoms with E-state index in [0.717, 1.165) is 25.4 Å². The van der Waals surface area contributed by atoms with E-state index in [0.29, 0.717) is 38.1 Å². The van der Waals surface area contributed by atoms with Gasteiger partial charge in [0.1, 0.15) is 5.56 Å². The fourth-order valence-corrected chi connectivity index (χ4v) is 3.05. The first-order chi connectivity index (χ1) is 13.8. The number of halogens is 3. The van der Waals surface area contributed by atoms with E-state index < -0.39 is 23.2 Å². The van der Waals surface area contributed by atoms with Crippen molar-refractivity contribution < 1.29 is 22.7 Å². The van der Waals surface area contributed by atoms with Crippen LogP contribution in [0.1, 0.15) is 21.5 Å². The number of rotatable bonds is 5. The van der Waals surface area contributed by atoms with Crippen molar-refractivity contribution in [3.05, 3.63) is 57.8 Å². The summed E-state index contributed by atoms with van der Waals surface area (Å²) in [6.07, 6.45) is -1.20. The maximum Gasteiger partial charge on any atom is 0.417 e. The molecule has 1 aliphatic heterocycles. The van der Waals surface area contributed by atoms with Crippen molar-refractivity contribution in [2.45, 2.75) is 19.6 Å². The van der Waals surface area contributed by atoms with Crippen LogP contribution in [0.5, 0.6) is 0 Å². The quantitative estimate of drug-likeness (QED) is 0.818. The Labute approximate surface area is 165 Å². The van der Waals surface area contributed by atoms with Gasteiger partial charge in [-0.1, -0.05) is 0 Å². The summed E-state index contributed by atoms with van der Waals surface area (Å²) in [5, 5.41) is 2.34. The van der Waals surface area contributed by atoms with Gasteiger partial charge in [0.2, 0.25) is 0 Å². The molecule has 0 radical (unpaired) electrons. The fraction of sp³-hybridized carbons (Fsp3) is 0.421. The lowest BCUT2D eigenvalue weighted by Gasteiger charge is -2.26. The zero-order valence-corrected chi connectivity index (χ0v) is 15.8. The molecule has 0 aromatic carbocycles. The Kier molecular flexibility index (Phi) is 6.33. The molecule has 1 aliphatic rings. The van der Waals surface area contributed by atoms with Crippen LogP contribution in [-0.2, 0) is 17.5 Å². The third-order valence-electron chi connectivity index (χ3n) is 4.68. The number of amides is 1. The maximum absolute atomic E-state index is 12.8. The summed E-state index contributed by atoms with van der Waals surface area (Å²) >= 11 is 0. The highest BCUT2D eigenvalue weighted by Gasteiger charge is 2.31. The average Bonchev–Trinajstić information content (AvgIpc) is 2.68. The molecule has 29 heavy (non-hydrogen) atoms. The van der Waals surface area contributed by atoms with Crippen LogP contribution in [0.2, 0.25) is 0 Å². The number of aryl methyl sites for hydroxylation is 1. The van der Waals surface area contributed by atoms with E-state index in [9.17, 15) is 22.8 Å². The number of nitrogens with zero attached hydrogens (tertiary/aromatic N) is 3. The second kappa shape index (κ2) is 8.75. The molecule has 3 heterocycles. The van der Waals surface area contributed by atoms with E-state index >= 15 is 0 Å². The molecule has 2 aromatic heterocycles. The molecule has 1 fully saturated rings. The molecule has 3 rings (SSSR count). The van der Waals surface area contributed by atoms with Gasteiger partial charge in [-0.15, -0.1) is 0 Å². The molecule has 0 atom stereocenters. The summed E-state index contributed by atoms with van der Waals surface area (Å²) in [5.41, 5.74) is -1.27.